The van der Waals surface area contributed by atoms with E-state index >= 15 is 0 Å². The summed E-state index contributed by atoms with van der Waals surface area (Å²) in [4.78, 5) is 22.4. The van der Waals surface area contributed by atoms with Crippen molar-refractivity contribution in [1.82, 2.24) is 0 Å². The van der Waals surface area contributed by atoms with E-state index in [1.165, 1.54) is 12.1 Å². The Morgan fingerprint density at radius 2 is 2.06 bits per heavy atom. The van der Waals surface area contributed by atoms with Crippen LogP contribution in [0, 0.1) is 0 Å². The fourth-order valence-electron chi connectivity index (χ4n) is 1.42. The molecule has 1 amide bonds. The van der Waals surface area contributed by atoms with Gasteiger partial charge in [0.15, 0.2) is 0 Å². The summed E-state index contributed by atoms with van der Waals surface area (Å²) in [5.41, 5.74) is 5.72. The quantitative estimate of drug-likeness (QED) is 0.690. The number of hydrogen-bond donors (Lipinski definition) is 3. The van der Waals surface area contributed by atoms with Gasteiger partial charge < -0.3 is 16.2 Å². The molecule has 5 nitrogen and oxygen atoms in total. The third-order valence-corrected chi connectivity index (χ3v) is 2.67. The fraction of sp³-hybridized carbons (Fsp3) is 0.333. The predicted molar refractivity (Wildman–Crippen MR) is 69.9 cm³/mol. The van der Waals surface area contributed by atoms with Gasteiger partial charge in [-0.3, -0.25) is 4.79 Å². The van der Waals surface area contributed by atoms with Crippen LogP contribution in [0.2, 0.25) is 5.02 Å². The van der Waals surface area contributed by atoms with Crippen LogP contribution in [0.5, 0.6) is 0 Å². The number of hydrogen-bond acceptors (Lipinski definition) is 3. The third-order valence-electron chi connectivity index (χ3n) is 2.34. The van der Waals surface area contributed by atoms with E-state index < -0.39 is 5.97 Å². The number of carbonyl (C=O) groups excluding carboxylic acids is 1. The van der Waals surface area contributed by atoms with Gasteiger partial charge in [0.25, 0.3) is 0 Å². The highest BCUT2D eigenvalue weighted by Gasteiger charge is 2.10. The lowest BCUT2D eigenvalue weighted by molar-refractivity contribution is -0.116. The van der Waals surface area contributed by atoms with Crippen molar-refractivity contribution in [2.45, 2.75) is 19.3 Å². The van der Waals surface area contributed by atoms with Crippen molar-refractivity contribution in [2.24, 2.45) is 5.73 Å². The van der Waals surface area contributed by atoms with Crippen LogP contribution in [0.3, 0.4) is 0 Å². The topological polar surface area (TPSA) is 92.4 Å². The number of nitrogens with one attached hydrogen (secondary N) is 1. The van der Waals surface area contributed by atoms with Crippen molar-refractivity contribution in [3.63, 3.8) is 0 Å². The van der Waals surface area contributed by atoms with E-state index in [0.717, 1.165) is 6.42 Å². The lowest BCUT2D eigenvalue weighted by atomic mass is 10.2. The number of unbranched alkanes of at least 4 members (excludes halogenated alkanes) is 1. The summed E-state index contributed by atoms with van der Waals surface area (Å²) in [6.07, 6.45) is 1.86. The number of rotatable bonds is 6. The van der Waals surface area contributed by atoms with Crippen molar-refractivity contribution in [3.05, 3.63) is 28.8 Å². The number of carboxylic acid groups (broad SMARTS) is 1. The maximum Gasteiger partial charge on any atom is 0.337 e. The number of nitrogens with two attached hydrogens (primary N) is 1. The molecule has 0 saturated heterocycles. The van der Waals surface area contributed by atoms with Gasteiger partial charge in [-0.1, -0.05) is 11.6 Å². The van der Waals surface area contributed by atoms with Gasteiger partial charge in [0.1, 0.15) is 0 Å². The second kappa shape index (κ2) is 6.98. The maximum atomic E-state index is 11.5. The second-order valence-electron chi connectivity index (χ2n) is 3.79. The number of aromatic carboxylic acids is 1. The standard InChI is InChI=1S/C12H15ClN2O3/c13-10-5-4-8(7-9(10)12(17)18)15-11(16)3-1-2-6-14/h4-5,7H,1-3,6,14H2,(H,15,16)(H,17,18). The monoisotopic (exact) mass is 270 g/mol. The Bertz CT molecular complexity index is 449. The van der Waals surface area contributed by atoms with E-state index in [-0.39, 0.29) is 16.5 Å². The molecule has 0 radical (unpaired) electrons. The molecule has 0 unspecified atom stereocenters. The average molecular weight is 271 g/mol. The highest BCUT2D eigenvalue weighted by Crippen LogP contribution is 2.20. The molecule has 0 saturated carbocycles. The Hall–Kier alpha value is -1.59. The molecule has 98 valence electrons. The Kier molecular flexibility index (Phi) is 5.61. The minimum atomic E-state index is -1.13. The van der Waals surface area contributed by atoms with Crippen molar-refractivity contribution in [3.8, 4) is 0 Å². The van der Waals surface area contributed by atoms with E-state index in [4.69, 9.17) is 22.4 Å². The van der Waals surface area contributed by atoms with Gasteiger partial charge in [-0.15, -0.1) is 0 Å². The number of carboxylic acids is 1. The largest absolute Gasteiger partial charge is 0.478 e. The number of anilines is 1. The minimum Gasteiger partial charge on any atom is -0.478 e. The molecule has 0 fully saturated rings. The van der Waals surface area contributed by atoms with Crippen LogP contribution in [0.15, 0.2) is 18.2 Å². The zero-order valence-electron chi connectivity index (χ0n) is 9.78. The molecule has 0 aliphatic carbocycles. The number of carbonyl (C=O) groups is 2. The lowest BCUT2D eigenvalue weighted by Crippen LogP contribution is -2.12. The molecule has 1 rings (SSSR count). The first-order chi connectivity index (χ1) is 8.54. The van der Waals surface area contributed by atoms with Crippen molar-refractivity contribution in [2.75, 3.05) is 11.9 Å². The van der Waals surface area contributed by atoms with Gasteiger partial charge in [-0.25, -0.2) is 4.79 Å². The fourth-order valence-corrected chi connectivity index (χ4v) is 1.62. The van der Waals surface area contributed by atoms with E-state index in [1.54, 1.807) is 6.07 Å². The van der Waals surface area contributed by atoms with Crippen LogP contribution < -0.4 is 11.1 Å². The van der Waals surface area contributed by atoms with Crippen LogP contribution in [0.1, 0.15) is 29.6 Å². The molecule has 4 N–H and O–H groups in total. The van der Waals surface area contributed by atoms with E-state index in [2.05, 4.69) is 5.32 Å². The molecule has 6 heteroatoms. The molecule has 0 aromatic heterocycles. The second-order valence-corrected chi connectivity index (χ2v) is 4.20. The molecule has 1 aromatic carbocycles. The average Bonchev–Trinajstić information content (AvgIpc) is 2.31. The van der Waals surface area contributed by atoms with Crippen molar-refractivity contribution in [1.29, 1.82) is 0 Å². The molecule has 0 spiro atoms. The smallest absolute Gasteiger partial charge is 0.337 e. The van der Waals surface area contributed by atoms with Gasteiger partial charge in [-0.05, 0) is 37.6 Å². The van der Waals surface area contributed by atoms with Crippen LogP contribution >= 0.6 is 11.6 Å². The molecule has 0 atom stereocenters. The molecule has 0 aliphatic rings. The first kappa shape index (κ1) is 14.5. The summed E-state index contributed by atoms with van der Waals surface area (Å²) in [5.74, 6) is -1.29. The first-order valence-electron chi connectivity index (χ1n) is 5.57. The Balaban J connectivity index is 2.65. The highest BCUT2D eigenvalue weighted by atomic mass is 35.5. The summed E-state index contributed by atoms with van der Waals surface area (Å²) >= 11 is 5.72. The Labute approximate surface area is 110 Å². The molecule has 1 aromatic rings. The zero-order chi connectivity index (χ0) is 13.5. The molecular formula is C12H15ClN2O3. The first-order valence-corrected chi connectivity index (χ1v) is 5.95. The van der Waals surface area contributed by atoms with Crippen LogP contribution in [-0.2, 0) is 4.79 Å². The molecule has 0 heterocycles. The summed E-state index contributed by atoms with van der Waals surface area (Å²) in [7, 11) is 0. The number of benzene rings is 1. The number of amides is 1. The Morgan fingerprint density at radius 3 is 2.67 bits per heavy atom. The zero-order valence-corrected chi connectivity index (χ0v) is 10.5. The predicted octanol–water partition coefficient (Wildman–Crippen LogP) is 2.11. The summed E-state index contributed by atoms with van der Waals surface area (Å²) in [6, 6.07) is 4.35. The van der Waals surface area contributed by atoms with E-state index in [1.807, 2.05) is 0 Å². The molecular weight excluding hydrogens is 256 g/mol. The molecule has 18 heavy (non-hydrogen) atoms. The highest BCUT2D eigenvalue weighted by molar-refractivity contribution is 6.33. The van der Waals surface area contributed by atoms with Crippen LogP contribution in [0.25, 0.3) is 0 Å². The van der Waals surface area contributed by atoms with Gasteiger partial charge in [0.2, 0.25) is 5.91 Å². The summed E-state index contributed by atoms with van der Waals surface area (Å²) in [6.45, 7) is 0.553. The molecule has 0 aliphatic heterocycles. The minimum absolute atomic E-state index is 0.0311. The van der Waals surface area contributed by atoms with Gasteiger partial charge in [0, 0.05) is 12.1 Å². The number of halogens is 1. The van der Waals surface area contributed by atoms with Gasteiger partial charge in [0.05, 0.1) is 10.6 Å². The van der Waals surface area contributed by atoms with Crippen LogP contribution in [-0.4, -0.2) is 23.5 Å². The summed E-state index contributed by atoms with van der Waals surface area (Å²) < 4.78 is 0. The normalized spacial score (nSPS) is 10.1. The van der Waals surface area contributed by atoms with Crippen molar-refractivity contribution >= 4 is 29.2 Å². The van der Waals surface area contributed by atoms with Crippen LogP contribution in [0.4, 0.5) is 5.69 Å². The SMILES string of the molecule is NCCCCC(=O)Nc1ccc(Cl)c(C(=O)O)c1. The van der Waals surface area contributed by atoms with E-state index in [9.17, 15) is 9.59 Å². The maximum absolute atomic E-state index is 11.5. The lowest BCUT2D eigenvalue weighted by Gasteiger charge is -2.07. The third kappa shape index (κ3) is 4.35. The van der Waals surface area contributed by atoms with E-state index in [0.29, 0.717) is 25.1 Å². The van der Waals surface area contributed by atoms with Crippen molar-refractivity contribution < 1.29 is 14.7 Å². The summed E-state index contributed by atoms with van der Waals surface area (Å²) in [5, 5.41) is 11.7. The van der Waals surface area contributed by atoms with Gasteiger partial charge in [-0.2, -0.15) is 0 Å². The Morgan fingerprint density at radius 1 is 1.33 bits per heavy atom. The molecule has 0 bridgehead atoms. The van der Waals surface area contributed by atoms with Gasteiger partial charge >= 0.3 is 5.97 Å².